The van der Waals surface area contributed by atoms with Crippen LogP contribution in [0.4, 0.5) is 5.69 Å². The van der Waals surface area contributed by atoms with Crippen LogP contribution in [-0.2, 0) is 14.9 Å². The number of rotatable bonds is 7. The second-order valence-electron chi connectivity index (χ2n) is 5.36. The van der Waals surface area contributed by atoms with E-state index in [-0.39, 0.29) is 11.3 Å². The van der Waals surface area contributed by atoms with Crippen LogP contribution in [0.25, 0.3) is 0 Å². The Morgan fingerprint density at radius 2 is 2.10 bits per heavy atom. The molecule has 0 aliphatic heterocycles. The van der Waals surface area contributed by atoms with E-state index in [4.69, 9.17) is 10.5 Å². The van der Waals surface area contributed by atoms with E-state index in [1.165, 1.54) is 0 Å². The van der Waals surface area contributed by atoms with Crippen molar-refractivity contribution >= 4 is 11.6 Å². The van der Waals surface area contributed by atoms with E-state index in [0.717, 1.165) is 18.4 Å². The van der Waals surface area contributed by atoms with Gasteiger partial charge in [0.2, 0.25) is 5.91 Å². The fourth-order valence-electron chi connectivity index (χ4n) is 2.37. The largest absolute Gasteiger partial charge is 0.399 e. The summed E-state index contributed by atoms with van der Waals surface area (Å²) >= 11 is 0. The Bertz CT molecular complexity index is 455. The molecule has 1 saturated carbocycles. The van der Waals surface area contributed by atoms with Crippen LogP contribution in [0.2, 0.25) is 0 Å². The summed E-state index contributed by atoms with van der Waals surface area (Å²) in [5.74, 6) is 0.0342. The van der Waals surface area contributed by atoms with Gasteiger partial charge in [0.05, 0.1) is 18.1 Å². The van der Waals surface area contributed by atoms with E-state index >= 15 is 0 Å². The first-order chi connectivity index (χ1) is 9.58. The monoisotopic (exact) mass is 278 g/mol. The Morgan fingerprint density at radius 3 is 2.65 bits per heavy atom. The molecule has 1 aromatic rings. The number of amides is 1. The van der Waals surface area contributed by atoms with Gasteiger partial charge in [0, 0.05) is 19.3 Å². The maximum Gasteiger partial charge on any atom is 0.230 e. The van der Waals surface area contributed by atoms with E-state index in [2.05, 4.69) is 5.32 Å². The van der Waals surface area contributed by atoms with Gasteiger partial charge in [-0.25, -0.2) is 0 Å². The standard InChI is InChI=1S/C15H22N2O3/c1-20-10-13(18)6-9-17-14(19)15(7-8-15)11-2-4-12(16)5-3-11/h2-5,13,18H,6-10,16H2,1H3,(H,17,19). The van der Waals surface area contributed by atoms with Gasteiger partial charge < -0.3 is 20.9 Å². The predicted octanol–water partition coefficient (Wildman–Crippen LogP) is 0.814. The Balaban J connectivity index is 1.87. The molecule has 1 aliphatic carbocycles. The van der Waals surface area contributed by atoms with Crippen molar-refractivity contribution in [1.29, 1.82) is 0 Å². The van der Waals surface area contributed by atoms with Crippen LogP contribution in [0.1, 0.15) is 24.8 Å². The number of aliphatic hydroxyl groups is 1. The molecule has 0 spiro atoms. The normalized spacial score (nSPS) is 17.5. The van der Waals surface area contributed by atoms with E-state index in [1.54, 1.807) is 7.11 Å². The molecule has 1 atom stereocenters. The number of methoxy groups -OCH3 is 1. The van der Waals surface area contributed by atoms with Gasteiger partial charge in [-0.2, -0.15) is 0 Å². The second kappa shape index (κ2) is 6.24. The van der Waals surface area contributed by atoms with E-state index < -0.39 is 6.10 Å². The SMILES string of the molecule is COCC(O)CCNC(=O)C1(c2ccc(N)cc2)CC1. The lowest BCUT2D eigenvalue weighted by molar-refractivity contribution is -0.123. The summed E-state index contributed by atoms with van der Waals surface area (Å²) in [7, 11) is 1.54. The average molecular weight is 278 g/mol. The lowest BCUT2D eigenvalue weighted by Gasteiger charge is -2.17. The number of anilines is 1. The minimum absolute atomic E-state index is 0.0342. The first-order valence-corrected chi connectivity index (χ1v) is 6.90. The zero-order valence-corrected chi connectivity index (χ0v) is 11.8. The van der Waals surface area contributed by atoms with Gasteiger partial charge in [-0.1, -0.05) is 12.1 Å². The maximum absolute atomic E-state index is 12.3. The predicted molar refractivity (Wildman–Crippen MR) is 77.3 cm³/mol. The summed E-state index contributed by atoms with van der Waals surface area (Å²) in [5, 5.41) is 12.4. The minimum atomic E-state index is -0.535. The molecule has 1 fully saturated rings. The third-order valence-electron chi connectivity index (χ3n) is 3.77. The first-order valence-electron chi connectivity index (χ1n) is 6.90. The Labute approximate surface area is 119 Å². The topological polar surface area (TPSA) is 84.6 Å². The summed E-state index contributed by atoms with van der Waals surface area (Å²) in [6.07, 6.45) is 1.69. The molecular weight excluding hydrogens is 256 g/mol. The Hall–Kier alpha value is -1.59. The summed E-state index contributed by atoms with van der Waals surface area (Å²) < 4.78 is 4.85. The van der Waals surface area contributed by atoms with E-state index in [9.17, 15) is 9.90 Å². The molecular formula is C15H22N2O3. The quantitative estimate of drug-likeness (QED) is 0.645. The summed E-state index contributed by atoms with van der Waals surface area (Å²) in [4.78, 5) is 12.3. The summed E-state index contributed by atoms with van der Waals surface area (Å²) in [5.41, 5.74) is 7.00. The molecule has 4 N–H and O–H groups in total. The molecule has 1 unspecified atom stereocenters. The number of hydrogen-bond acceptors (Lipinski definition) is 4. The van der Waals surface area contributed by atoms with Crippen LogP contribution in [0.15, 0.2) is 24.3 Å². The van der Waals surface area contributed by atoms with Crippen LogP contribution in [-0.4, -0.2) is 37.4 Å². The molecule has 0 saturated heterocycles. The van der Waals surface area contributed by atoms with E-state index in [1.807, 2.05) is 24.3 Å². The van der Waals surface area contributed by atoms with Gasteiger partial charge in [0.1, 0.15) is 0 Å². The van der Waals surface area contributed by atoms with Crippen LogP contribution in [0, 0.1) is 0 Å². The lowest BCUT2D eigenvalue weighted by Crippen LogP contribution is -2.36. The number of hydrogen-bond donors (Lipinski definition) is 3. The highest BCUT2D eigenvalue weighted by molar-refractivity contribution is 5.91. The molecule has 1 amide bonds. The van der Waals surface area contributed by atoms with Crippen molar-refractivity contribution in [2.45, 2.75) is 30.8 Å². The number of ether oxygens (including phenoxy) is 1. The van der Waals surface area contributed by atoms with Gasteiger partial charge in [0.25, 0.3) is 0 Å². The van der Waals surface area contributed by atoms with Crippen LogP contribution < -0.4 is 11.1 Å². The number of nitrogens with one attached hydrogen (secondary N) is 1. The minimum Gasteiger partial charge on any atom is -0.399 e. The van der Waals surface area contributed by atoms with Crippen molar-refractivity contribution in [3.8, 4) is 0 Å². The molecule has 5 heteroatoms. The molecule has 0 radical (unpaired) electrons. The summed E-state index contributed by atoms with van der Waals surface area (Å²) in [6.45, 7) is 0.749. The third-order valence-corrected chi connectivity index (χ3v) is 3.77. The zero-order chi connectivity index (χ0) is 14.6. The number of benzene rings is 1. The van der Waals surface area contributed by atoms with Crippen molar-refractivity contribution in [1.82, 2.24) is 5.32 Å². The van der Waals surface area contributed by atoms with Crippen LogP contribution >= 0.6 is 0 Å². The molecule has 5 nitrogen and oxygen atoms in total. The average Bonchev–Trinajstić information content (AvgIpc) is 3.21. The van der Waals surface area contributed by atoms with Crippen molar-refractivity contribution in [2.75, 3.05) is 26.0 Å². The number of carbonyl (C=O) groups is 1. The second-order valence-corrected chi connectivity index (χ2v) is 5.36. The molecule has 1 aromatic carbocycles. The van der Waals surface area contributed by atoms with Gasteiger partial charge in [-0.3, -0.25) is 4.79 Å². The summed E-state index contributed by atoms with van der Waals surface area (Å²) in [6, 6.07) is 7.49. The van der Waals surface area contributed by atoms with Gasteiger partial charge >= 0.3 is 0 Å². The van der Waals surface area contributed by atoms with Crippen LogP contribution in [0.3, 0.4) is 0 Å². The fourth-order valence-corrected chi connectivity index (χ4v) is 2.37. The lowest BCUT2D eigenvalue weighted by atomic mass is 9.94. The van der Waals surface area contributed by atoms with Gasteiger partial charge in [-0.05, 0) is 37.0 Å². The molecule has 2 rings (SSSR count). The highest BCUT2D eigenvalue weighted by Crippen LogP contribution is 2.48. The smallest absolute Gasteiger partial charge is 0.230 e. The molecule has 0 aromatic heterocycles. The number of aliphatic hydroxyl groups excluding tert-OH is 1. The Kier molecular flexibility index (Phi) is 4.62. The maximum atomic E-state index is 12.3. The van der Waals surface area contributed by atoms with Crippen molar-refractivity contribution in [2.24, 2.45) is 0 Å². The van der Waals surface area contributed by atoms with Crippen molar-refractivity contribution in [3.05, 3.63) is 29.8 Å². The zero-order valence-electron chi connectivity index (χ0n) is 11.8. The molecule has 0 bridgehead atoms. The first kappa shape index (κ1) is 14.8. The molecule has 0 heterocycles. The third kappa shape index (κ3) is 3.29. The van der Waals surface area contributed by atoms with Gasteiger partial charge in [-0.15, -0.1) is 0 Å². The fraction of sp³-hybridized carbons (Fsp3) is 0.533. The highest BCUT2D eigenvalue weighted by atomic mass is 16.5. The highest BCUT2D eigenvalue weighted by Gasteiger charge is 2.50. The van der Waals surface area contributed by atoms with E-state index in [0.29, 0.717) is 25.3 Å². The number of nitrogen functional groups attached to an aromatic ring is 1. The number of nitrogens with two attached hydrogens (primary N) is 1. The van der Waals surface area contributed by atoms with Gasteiger partial charge in [0.15, 0.2) is 0 Å². The van der Waals surface area contributed by atoms with Crippen molar-refractivity contribution in [3.63, 3.8) is 0 Å². The molecule has 20 heavy (non-hydrogen) atoms. The Morgan fingerprint density at radius 1 is 1.45 bits per heavy atom. The van der Waals surface area contributed by atoms with Crippen molar-refractivity contribution < 1.29 is 14.6 Å². The molecule has 1 aliphatic rings. The number of carbonyl (C=O) groups excluding carboxylic acids is 1. The molecule has 110 valence electrons. The van der Waals surface area contributed by atoms with Crippen LogP contribution in [0.5, 0.6) is 0 Å².